The van der Waals surface area contributed by atoms with E-state index in [2.05, 4.69) is 10.1 Å². The third kappa shape index (κ3) is 2.19. The van der Waals surface area contributed by atoms with Crippen LogP contribution in [0.25, 0.3) is 0 Å². The number of esters is 1. The summed E-state index contributed by atoms with van der Waals surface area (Å²) in [6, 6.07) is -0.336. The molecule has 0 aromatic carbocycles. The Balaban J connectivity index is 2.42. The number of rotatable bonds is 4. The minimum absolute atomic E-state index is 0.0916. The summed E-state index contributed by atoms with van der Waals surface area (Å²) in [5, 5.41) is 12.2. The molecule has 1 aliphatic rings. The van der Waals surface area contributed by atoms with Gasteiger partial charge in [-0.25, -0.2) is 0 Å². The van der Waals surface area contributed by atoms with Gasteiger partial charge in [-0.2, -0.15) is 0 Å². The number of hydrogen-bond acceptors (Lipinski definition) is 4. The maximum atomic E-state index is 11.1. The van der Waals surface area contributed by atoms with Crippen LogP contribution in [0.1, 0.15) is 26.2 Å². The molecule has 0 heterocycles. The summed E-state index contributed by atoms with van der Waals surface area (Å²) in [5.74, 6) is -0.278. The van der Waals surface area contributed by atoms with E-state index in [1.807, 2.05) is 0 Å². The normalized spacial score (nSPS) is 21.8. The summed E-state index contributed by atoms with van der Waals surface area (Å²) in [7, 11) is 1.37. The minimum atomic E-state index is -0.336. The van der Waals surface area contributed by atoms with Crippen LogP contribution in [0.2, 0.25) is 0 Å². The van der Waals surface area contributed by atoms with Crippen molar-refractivity contribution in [3.05, 3.63) is 0 Å². The minimum Gasteiger partial charge on any atom is -0.468 e. The molecule has 1 fully saturated rings. The Morgan fingerprint density at radius 1 is 1.69 bits per heavy atom. The molecule has 1 aliphatic carbocycles. The van der Waals surface area contributed by atoms with E-state index in [-0.39, 0.29) is 24.2 Å². The molecule has 0 aliphatic heterocycles. The molecule has 76 valence electrons. The summed E-state index contributed by atoms with van der Waals surface area (Å²) in [5.41, 5.74) is -0.229. The molecule has 0 radical (unpaired) electrons. The van der Waals surface area contributed by atoms with E-state index in [0.717, 1.165) is 19.3 Å². The molecule has 4 nitrogen and oxygen atoms in total. The predicted molar refractivity (Wildman–Crippen MR) is 48.3 cm³/mol. The van der Waals surface area contributed by atoms with Gasteiger partial charge >= 0.3 is 5.97 Å². The molecule has 0 spiro atoms. The van der Waals surface area contributed by atoms with Crippen LogP contribution >= 0.6 is 0 Å². The van der Waals surface area contributed by atoms with Gasteiger partial charge in [0.05, 0.1) is 13.7 Å². The van der Waals surface area contributed by atoms with Gasteiger partial charge in [0.1, 0.15) is 6.04 Å². The largest absolute Gasteiger partial charge is 0.468 e. The van der Waals surface area contributed by atoms with Crippen molar-refractivity contribution in [3.63, 3.8) is 0 Å². The van der Waals surface area contributed by atoms with E-state index in [4.69, 9.17) is 5.11 Å². The summed E-state index contributed by atoms with van der Waals surface area (Å²) >= 11 is 0. The fraction of sp³-hybridized carbons (Fsp3) is 0.889. The lowest BCUT2D eigenvalue weighted by atomic mass is 9.77. The van der Waals surface area contributed by atoms with Crippen molar-refractivity contribution in [3.8, 4) is 0 Å². The molecule has 0 aromatic heterocycles. The van der Waals surface area contributed by atoms with Crippen LogP contribution in [0.15, 0.2) is 0 Å². The van der Waals surface area contributed by atoms with E-state index in [1.54, 1.807) is 6.92 Å². The second-order valence-electron chi connectivity index (χ2n) is 3.68. The zero-order chi connectivity index (χ0) is 9.90. The molecule has 0 amide bonds. The van der Waals surface area contributed by atoms with Crippen LogP contribution in [0.5, 0.6) is 0 Å². The standard InChI is InChI=1S/C9H17NO3/c1-7(8(12)13-2)10-9(6-11)4-3-5-9/h7,10-11H,3-6H2,1-2H3. The molecule has 0 bridgehead atoms. The van der Waals surface area contributed by atoms with Crippen molar-refractivity contribution in [1.29, 1.82) is 0 Å². The van der Waals surface area contributed by atoms with Crippen LogP contribution in [-0.2, 0) is 9.53 Å². The Morgan fingerprint density at radius 2 is 2.31 bits per heavy atom. The third-order valence-corrected chi connectivity index (χ3v) is 2.69. The summed E-state index contributed by atoms with van der Waals surface area (Å²) < 4.78 is 4.59. The zero-order valence-electron chi connectivity index (χ0n) is 8.17. The van der Waals surface area contributed by atoms with E-state index in [1.165, 1.54) is 7.11 Å². The molecule has 1 atom stereocenters. The molecule has 1 unspecified atom stereocenters. The van der Waals surface area contributed by atoms with Crippen LogP contribution in [0.3, 0.4) is 0 Å². The smallest absolute Gasteiger partial charge is 0.322 e. The fourth-order valence-electron chi connectivity index (χ4n) is 1.65. The average Bonchev–Trinajstić information content (AvgIpc) is 2.09. The van der Waals surface area contributed by atoms with Crippen LogP contribution in [0.4, 0.5) is 0 Å². The number of hydrogen-bond donors (Lipinski definition) is 2. The molecular formula is C9H17NO3. The van der Waals surface area contributed by atoms with Gasteiger partial charge in [0.25, 0.3) is 0 Å². The first-order valence-corrected chi connectivity index (χ1v) is 4.60. The van der Waals surface area contributed by atoms with Gasteiger partial charge in [0.2, 0.25) is 0 Å². The topological polar surface area (TPSA) is 58.6 Å². The maximum Gasteiger partial charge on any atom is 0.322 e. The highest BCUT2D eigenvalue weighted by Gasteiger charge is 2.38. The molecule has 4 heteroatoms. The third-order valence-electron chi connectivity index (χ3n) is 2.69. The van der Waals surface area contributed by atoms with Crippen LogP contribution in [-0.4, -0.2) is 36.4 Å². The monoisotopic (exact) mass is 187 g/mol. The quantitative estimate of drug-likeness (QED) is 0.611. The first-order chi connectivity index (χ1) is 6.13. The highest BCUT2D eigenvalue weighted by atomic mass is 16.5. The Labute approximate surface area is 78.3 Å². The predicted octanol–water partition coefficient (Wildman–Crippen LogP) is 0.0525. The van der Waals surface area contributed by atoms with E-state index in [0.29, 0.717) is 0 Å². The summed E-state index contributed by atoms with van der Waals surface area (Å²) in [6.45, 7) is 1.84. The number of aliphatic hydroxyl groups is 1. The van der Waals surface area contributed by atoms with Gasteiger partial charge in [-0.15, -0.1) is 0 Å². The van der Waals surface area contributed by atoms with Crippen LogP contribution in [0, 0.1) is 0 Å². The first-order valence-electron chi connectivity index (χ1n) is 4.60. The lowest BCUT2D eigenvalue weighted by molar-refractivity contribution is -0.143. The van der Waals surface area contributed by atoms with Crippen molar-refractivity contribution in [1.82, 2.24) is 5.32 Å². The number of methoxy groups -OCH3 is 1. The Morgan fingerprint density at radius 3 is 2.62 bits per heavy atom. The van der Waals surface area contributed by atoms with Crippen molar-refractivity contribution in [2.24, 2.45) is 0 Å². The van der Waals surface area contributed by atoms with Crippen molar-refractivity contribution in [2.45, 2.75) is 37.8 Å². The molecule has 0 saturated heterocycles. The number of ether oxygens (including phenoxy) is 1. The van der Waals surface area contributed by atoms with Gasteiger partial charge in [-0.1, -0.05) is 0 Å². The Bertz CT molecular complexity index is 184. The van der Waals surface area contributed by atoms with Crippen molar-refractivity contribution < 1.29 is 14.6 Å². The maximum absolute atomic E-state index is 11.1. The number of nitrogens with one attached hydrogen (secondary N) is 1. The molecule has 0 aromatic rings. The first kappa shape index (κ1) is 10.5. The second-order valence-corrected chi connectivity index (χ2v) is 3.68. The van der Waals surface area contributed by atoms with E-state index in [9.17, 15) is 4.79 Å². The Hall–Kier alpha value is -0.610. The fourth-order valence-corrected chi connectivity index (χ4v) is 1.65. The molecule has 2 N–H and O–H groups in total. The van der Waals surface area contributed by atoms with Gasteiger partial charge in [-0.05, 0) is 26.2 Å². The highest BCUT2D eigenvalue weighted by Crippen LogP contribution is 2.31. The average molecular weight is 187 g/mol. The molecule has 1 rings (SSSR count). The van der Waals surface area contributed by atoms with Gasteiger partial charge in [-0.3, -0.25) is 10.1 Å². The van der Waals surface area contributed by atoms with Gasteiger partial charge in [0.15, 0.2) is 0 Å². The van der Waals surface area contributed by atoms with E-state index >= 15 is 0 Å². The van der Waals surface area contributed by atoms with Gasteiger partial charge in [0, 0.05) is 5.54 Å². The Kier molecular flexibility index (Phi) is 3.27. The lowest BCUT2D eigenvalue weighted by Crippen LogP contribution is -2.58. The molecule has 13 heavy (non-hydrogen) atoms. The molecule has 1 saturated carbocycles. The van der Waals surface area contributed by atoms with Crippen LogP contribution < -0.4 is 5.32 Å². The number of carbonyl (C=O) groups is 1. The molecular weight excluding hydrogens is 170 g/mol. The van der Waals surface area contributed by atoms with Crippen molar-refractivity contribution in [2.75, 3.05) is 13.7 Å². The second kappa shape index (κ2) is 4.07. The zero-order valence-corrected chi connectivity index (χ0v) is 8.17. The van der Waals surface area contributed by atoms with Gasteiger partial charge < -0.3 is 9.84 Å². The summed E-state index contributed by atoms with van der Waals surface area (Å²) in [4.78, 5) is 11.1. The van der Waals surface area contributed by atoms with Crippen molar-refractivity contribution >= 4 is 5.97 Å². The highest BCUT2D eigenvalue weighted by molar-refractivity contribution is 5.75. The number of aliphatic hydroxyl groups excluding tert-OH is 1. The SMILES string of the molecule is COC(=O)C(C)NC1(CO)CCC1. The summed E-state index contributed by atoms with van der Waals surface area (Å²) in [6.07, 6.45) is 2.98. The number of carbonyl (C=O) groups excluding carboxylic acids is 1. The lowest BCUT2D eigenvalue weighted by Gasteiger charge is -2.42. The van der Waals surface area contributed by atoms with E-state index < -0.39 is 0 Å².